The number of rotatable bonds is 9. The molecule has 0 unspecified atom stereocenters. The quantitative estimate of drug-likeness (QED) is 0.315. The highest BCUT2D eigenvalue weighted by molar-refractivity contribution is 5.33. The Kier molecular flexibility index (Phi) is 10.1. The summed E-state index contributed by atoms with van der Waals surface area (Å²) in [7, 11) is 0. The first-order valence-electron chi connectivity index (χ1n) is 14.8. The molecular weight excluding hydrogens is 438 g/mol. The third-order valence-electron chi connectivity index (χ3n) is 9.52. The van der Waals surface area contributed by atoms with Gasteiger partial charge in [0.05, 0.1) is 6.61 Å². The molecule has 0 aromatic heterocycles. The number of hydrogen-bond donors (Lipinski definition) is 0. The van der Waals surface area contributed by atoms with Crippen LogP contribution in [0, 0.1) is 41.2 Å². The molecule has 0 aliphatic heterocycles. The third-order valence-corrected chi connectivity index (χ3v) is 9.52. The van der Waals surface area contributed by atoms with Gasteiger partial charge in [0.2, 0.25) is 5.82 Å². The summed E-state index contributed by atoms with van der Waals surface area (Å²) in [6.45, 7) is 4.77. The van der Waals surface area contributed by atoms with Crippen LogP contribution >= 0.6 is 0 Å². The summed E-state index contributed by atoms with van der Waals surface area (Å²) in [6, 6.07) is 3.39. The molecule has 3 saturated carbocycles. The maximum Gasteiger partial charge on any atom is 0.200 e. The molecule has 4 rings (SSSR count). The van der Waals surface area contributed by atoms with E-state index in [9.17, 15) is 8.78 Å². The summed E-state index contributed by atoms with van der Waals surface area (Å²) in [4.78, 5) is 0. The van der Waals surface area contributed by atoms with Crippen molar-refractivity contribution < 1.29 is 13.5 Å². The van der Waals surface area contributed by atoms with Crippen LogP contribution in [0.15, 0.2) is 24.3 Å². The van der Waals surface area contributed by atoms with Gasteiger partial charge >= 0.3 is 0 Å². The van der Waals surface area contributed by atoms with E-state index in [1.807, 2.05) is 6.92 Å². The van der Waals surface area contributed by atoms with Gasteiger partial charge in [-0.15, -0.1) is 0 Å². The summed E-state index contributed by atoms with van der Waals surface area (Å²) in [6.07, 6.45) is 23.8. The number of halogens is 2. The monoisotopic (exact) mass is 486 g/mol. The zero-order valence-electron chi connectivity index (χ0n) is 22.3. The SMILES string of the molecule is CCCOc1ccc(C2CCC(C3CCC(CC/C=C/C4CCC(C)CC4)CC3)CC2)c(F)c1F. The van der Waals surface area contributed by atoms with Crippen LogP contribution in [-0.2, 0) is 0 Å². The number of allylic oxidation sites excluding steroid dienone is 2. The predicted molar refractivity (Wildman–Crippen MR) is 142 cm³/mol. The molecule has 196 valence electrons. The lowest BCUT2D eigenvalue weighted by atomic mass is 9.68. The lowest BCUT2D eigenvalue weighted by Crippen LogP contribution is -2.25. The second kappa shape index (κ2) is 13.2. The van der Waals surface area contributed by atoms with Gasteiger partial charge in [-0.1, -0.05) is 57.7 Å². The van der Waals surface area contributed by atoms with Crippen molar-refractivity contribution in [3.05, 3.63) is 41.5 Å². The summed E-state index contributed by atoms with van der Waals surface area (Å²) in [5, 5.41) is 0. The molecule has 0 radical (unpaired) electrons. The predicted octanol–water partition coefficient (Wildman–Crippen LogP) is 10.00. The van der Waals surface area contributed by atoms with E-state index in [0.29, 0.717) is 12.2 Å². The molecule has 0 heterocycles. The van der Waals surface area contributed by atoms with Crippen molar-refractivity contribution in [3.8, 4) is 5.75 Å². The second-order valence-corrected chi connectivity index (χ2v) is 12.0. The van der Waals surface area contributed by atoms with Gasteiger partial charge in [-0.3, -0.25) is 0 Å². The fraction of sp³-hybridized carbons (Fsp3) is 0.750. The minimum atomic E-state index is -0.806. The molecule has 3 heteroatoms. The summed E-state index contributed by atoms with van der Waals surface area (Å²) in [5.74, 6) is 3.02. The molecule has 0 saturated heterocycles. The van der Waals surface area contributed by atoms with Crippen LogP contribution in [0.5, 0.6) is 5.75 Å². The van der Waals surface area contributed by atoms with E-state index >= 15 is 0 Å². The van der Waals surface area contributed by atoms with Crippen molar-refractivity contribution in [1.29, 1.82) is 0 Å². The summed E-state index contributed by atoms with van der Waals surface area (Å²) >= 11 is 0. The Bertz CT molecular complexity index is 794. The van der Waals surface area contributed by atoms with Gasteiger partial charge in [-0.05, 0) is 118 Å². The van der Waals surface area contributed by atoms with Gasteiger partial charge in [-0.25, -0.2) is 4.39 Å². The first-order valence-corrected chi connectivity index (χ1v) is 14.8. The molecule has 1 nitrogen and oxygen atoms in total. The van der Waals surface area contributed by atoms with Crippen LogP contribution < -0.4 is 4.74 Å². The highest BCUT2D eigenvalue weighted by Gasteiger charge is 2.32. The maximum absolute atomic E-state index is 14.8. The highest BCUT2D eigenvalue weighted by Crippen LogP contribution is 2.45. The van der Waals surface area contributed by atoms with Crippen molar-refractivity contribution in [3.63, 3.8) is 0 Å². The Morgan fingerprint density at radius 2 is 1.49 bits per heavy atom. The lowest BCUT2D eigenvalue weighted by molar-refractivity contribution is 0.156. The van der Waals surface area contributed by atoms with Crippen LogP contribution in [0.4, 0.5) is 8.78 Å². The van der Waals surface area contributed by atoms with Gasteiger partial charge in [0, 0.05) is 0 Å². The minimum Gasteiger partial charge on any atom is -0.490 e. The van der Waals surface area contributed by atoms with E-state index in [1.54, 1.807) is 12.1 Å². The smallest absolute Gasteiger partial charge is 0.200 e. The molecule has 0 bridgehead atoms. The Hall–Kier alpha value is -1.38. The maximum atomic E-state index is 14.8. The molecular formula is C32H48F2O. The van der Waals surface area contributed by atoms with Gasteiger partial charge in [-0.2, -0.15) is 4.39 Å². The largest absolute Gasteiger partial charge is 0.490 e. The first-order chi connectivity index (χ1) is 17.0. The van der Waals surface area contributed by atoms with Gasteiger partial charge in [0.1, 0.15) is 0 Å². The van der Waals surface area contributed by atoms with Crippen molar-refractivity contribution in [2.75, 3.05) is 6.61 Å². The zero-order valence-corrected chi connectivity index (χ0v) is 22.3. The van der Waals surface area contributed by atoms with Crippen LogP contribution in [-0.4, -0.2) is 6.61 Å². The second-order valence-electron chi connectivity index (χ2n) is 12.0. The van der Waals surface area contributed by atoms with E-state index in [4.69, 9.17) is 4.74 Å². The standard InChI is InChI=1S/C32H48F2O/c1-3-22-35-30-21-20-29(31(33)32(30)34)28-18-16-27(17-19-28)26-14-12-25(13-15-26)7-5-4-6-24-10-8-23(2)9-11-24/h4,6,20-21,23-28H,3,5,7-19,22H2,1-2H3/b6-4+. The topological polar surface area (TPSA) is 9.23 Å². The fourth-order valence-electron chi connectivity index (χ4n) is 7.13. The average molecular weight is 487 g/mol. The zero-order chi connectivity index (χ0) is 24.6. The Morgan fingerprint density at radius 3 is 2.14 bits per heavy atom. The summed E-state index contributed by atoms with van der Waals surface area (Å²) in [5.41, 5.74) is 0.560. The van der Waals surface area contributed by atoms with Crippen LogP contribution in [0.25, 0.3) is 0 Å². The van der Waals surface area contributed by atoms with Crippen LogP contribution in [0.2, 0.25) is 0 Å². The molecule has 0 N–H and O–H groups in total. The van der Waals surface area contributed by atoms with E-state index in [0.717, 1.165) is 61.7 Å². The van der Waals surface area contributed by atoms with Gasteiger partial charge in [0.15, 0.2) is 11.6 Å². The molecule has 3 fully saturated rings. The fourth-order valence-corrected chi connectivity index (χ4v) is 7.13. The number of ether oxygens (including phenoxy) is 1. The molecule has 3 aliphatic carbocycles. The van der Waals surface area contributed by atoms with Crippen molar-refractivity contribution in [2.24, 2.45) is 29.6 Å². The highest BCUT2D eigenvalue weighted by atomic mass is 19.2. The Labute approximate surface area is 213 Å². The minimum absolute atomic E-state index is 0.0534. The normalized spacial score (nSPS) is 32.1. The number of hydrogen-bond acceptors (Lipinski definition) is 1. The number of benzene rings is 1. The van der Waals surface area contributed by atoms with E-state index in [1.165, 1.54) is 64.2 Å². The molecule has 35 heavy (non-hydrogen) atoms. The average Bonchev–Trinajstić information content (AvgIpc) is 2.89. The van der Waals surface area contributed by atoms with Crippen molar-refractivity contribution in [2.45, 2.75) is 116 Å². The van der Waals surface area contributed by atoms with Gasteiger partial charge in [0.25, 0.3) is 0 Å². The first kappa shape index (κ1) is 26.7. The molecule has 3 aliphatic rings. The molecule has 0 amide bonds. The third kappa shape index (κ3) is 7.32. The van der Waals surface area contributed by atoms with Gasteiger partial charge < -0.3 is 4.74 Å². The van der Waals surface area contributed by atoms with Crippen LogP contribution in [0.1, 0.15) is 122 Å². The molecule has 0 spiro atoms. The Balaban J connectivity index is 1.16. The van der Waals surface area contributed by atoms with Crippen LogP contribution in [0.3, 0.4) is 0 Å². The van der Waals surface area contributed by atoms with Crippen molar-refractivity contribution in [1.82, 2.24) is 0 Å². The van der Waals surface area contributed by atoms with E-state index in [-0.39, 0.29) is 11.7 Å². The molecule has 1 aromatic rings. The van der Waals surface area contributed by atoms with Crippen molar-refractivity contribution >= 4 is 0 Å². The van der Waals surface area contributed by atoms with E-state index in [2.05, 4.69) is 19.1 Å². The Morgan fingerprint density at radius 1 is 0.829 bits per heavy atom. The molecule has 0 atom stereocenters. The summed E-state index contributed by atoms with van der Waals surface area (Å²) < 4.78 is 34.6. The van der Waals surface area contributed by atoms with E-state index < -0.39 is 11.6 Å². The molecule has 1 aromatic carbocycles. The lowest BCUT2D eigenvalue weighted by Gasteiger charge is -2.38.